The number of urea groups is 1. The van der Waals surface area contributed by atoms with Gasteiger partial charge < -0.3 is 15.0 Å². The van der Waals surface area contributed by atoms with Gasteiger partial charge in [-0.3, -0.25) is 0 Å². The average molecular weight is 313 g/mol. The molecule has 0 saturated carbocycles. The normalized spacial score (nSPS) is 15.3. The maximum atomic E-state index is 12.1. The summed E-state index contributed by atoms with van der Waals surface area (Å²) in [5.74, 6) is 0.670. The van der Waals surface area contributed by atoms with Crippen molar-refractivity contribution in [2.24, 2.45) is 0 Å². The van der Waals surface area contributed by atoms with Crippen LogP contribution in [0.4, 0.5) is 10.5 Å². The first-order chi connectivity index (χ1) is 8.70. The van der Waals surface area contributed by atoms with Crippen LogP contribution >= 0.6 is 15.9 Å². The molecule has 1 aliphatic rings. The third-order valence-corrected chi connectivity index (χ3v) is 3.54. The lowest BCUT2D eigenvalue weighted by atomic mass is 10.1. The first kappa shape index (κ1) is 13.2. The summed E-state index contributed by atoms with van der Waals surface area (Å²) >= 11 is 3.39. The van der Waals surface area contributed by atoms with Crippen LogP contribution in [-0.4, -0.2) is 31.1 Å². The molecular weight excluding hydrogens is 296 g/mol. The molecule has 1 aromatic carbocycles. The highest BCUT2D eigenvalue weighted by Crippen LogP contribution is 2.28. The number of nitrogens with one attached hydrogen (secondary N) is 1. The molecule has 1 saturated heterocycles. The van der Waals surface area contributed by atoms with Crippen LogP contribution in [0.2, 0.25) is 0 Å². The molecule has 1 N–H and O–H groups in total. The van der Waals surface area contributed by atoms with E-state index < -0.39 is 0 Å². The first-order valence-corrected chi connectivity index (χ1v) is 6.89. The van der Waals surface area contributed by atoms with E-state index in [9.17, 15) is 4.79 Å². The van der Waals surface area contributed by atoms with Crippen LogP contribution in [0.1, 0.15) is 19.3 Å². The molecule has 2 amide bonds. The van der Waals surface area contributed by atoms with Crippen LogP contribution in [0.15, 0.2) is 22.7 Å². The second-order valence-corrected chi connectivity index (χ2v) is 5.24. The van der Waals surface area contributed by atoms with E-state index in [1.54, 1.807) is 7.11 Å². The van der Waals surface area contributed by atoms with Gasteiger partial charge in [0.05, 0.1) is 12.8 Å². The summed E-state index contributed by atoms with van der Waals surface area (Å²) in [5, 5.41) is 2.90. The van der Waals surface area contributed by atoms with Crippen molar-refractivity contribution in [3.05, 3.63) is 22.7 Å². The maximum absolute atomic E-state index is 12.1. The molecule has 0 atom stereocenters. The fraction of sp³-hybridized carbons (Fsp3) is 0.462. The Kier molecular flexibility index (Phi) is 4.47. The smallest absolute Gasteiger partial charge is 0.321 e. The van der Waals surface area contributed by atoms with Crippen molar-refractivity contribution >= 4 is 27.6 Å². The number of rotatable bonds is 2. The third-order valence-electron chi connectivity index (χ3n) is 3.05. The van der Waals surface area contributed by atoms with Gasteiger partial charge in [0.2, 0.25) is 0 Å². The summed E-state index contributed by atoms with van der Waals surface area (Å²) < 4.78 is 6.15. The van der Waals surface area contributed by atoms with Crippen molar-refractivity contribution in [3.8, 4) is 5.75 Å². The number of ether oxygens (including phenoxy) is 1. The van der Waals surface area contributed by atoms with Gasteiger partial charge in [0, 0.05) is 17.6 Å². The number of carbonyl (C=O) groups excluding carboxylic acids is 1. The molecule has 5 heteroatoms. The molecular formula is C13H17BrN2O2. The number of hydrogen-bond acceptors (Lipinski definition) is 2. The highest BCUT2D eigenvalue weighted by Gasteiger charge is 2.17. The van der Waals surface area contributed by atoms with E-state index in [4.69, 9.17) is 4.74 Å². The summed E-state index contributed by atoms with van der Waals surface area (Å²) in [6.45, 7) is 1.67. The van der Waals surface area contributed by atoms with E-state index >= 15 is 0 Å². The molecule has 0 aromatic heterocycles. The quantitative estimate of drug-likeness (QED) is 0.908. The Labute approximate surface area is 115 Å². The monoisotopic (exact) mass is 312 g/mol. The summed E-state index contributed by atoms with van der Waals surface area (Å²) in [6.07, 6.45) is 3.38. The molecule has 98 valence electrons. The van der Waals surface area contributed by atoms with Crippen molar-refractivity contribution in [2.75, 3.05) is 25.5 Å². The number of amides is 2. The summed E-state index contributed by atoms with van der Waals surface area (Å²) in [7, 11) is 1.60. The van der Waals surface area contributed by atoms with Gasteiger partial charge in [-0.2, -0.15) is 0 Å². The summed E-state index contributed by atoms with van der Waals surface area (Å²) in [4.78, 5) is 13.9. The SMILES string of the molecule is COc1ccc(Br)cc1NC(=O)N1CCCCC1. The van der Waals surface area contributed by atoms with Gasteiger partial charge in [-0.05, 0) is 37.5 Å². The Bertz CT molecular complexity index is 431. The predicted octanol–water partition coefficient (Wildman–Crippen LogP) is 3.48. The lowest BCUT2D eigenvalue weighted by Gasteiger charge is -2.27. The standard InChI is InChI=1S/C13H17BrN2O2/c1-18-12-6-5-10(14)9-11(12)15-13(17)16-7-3-2-4-8-16/h5-6,9H,2-4,7-8H2,1H3,(H,15,17). The first-order valence-electron chi connectivity index (χ1n) is 6.10. The molecule has 0 aliphatic carbocycles. The molecule has 4 nitrogen and oxygen atoms in total. The molecule has 1 aliphatic heterocycles. The second kappa shape index (κ2) is 6.09. The molecule has 18 heavy (non-hydrogen) atoms. The number of anilines is 1. The third kappa shape index (κ3) is 3.16. The van der Waals surface area contributed by atoms with Crippen molar-refractivity contribution in [3.63, 3.8) is 0 Å². The van der Waals surface area contributed by atoms with E-state index in [0.717, 1.165) is 30.4 Å². The fourth-order valence-corrected chi connectivity index (χ4v) is 2.43. The van der Waals surface area contributed by atoms with Crippen LogP contribution in [0, 0.1) is 0 Å². The minimum atomic E-state index is -0.0499. The van der Waals surface area contributed by atoms with Crippen molar-refractivity contribution in [1.82, 2.24) is 4.90 Å². The summed E-state index contributed by atoms with van der Waals surface area (Å²) in [6, 6.07) is 5.51. The predicted molar refractivity (Wildman–Crippen MR) is 75.1 cm³/mol. The zero-order valence-electron chi connectivity index (χ0n) is 10.4. The van der Waals surface area contributed by atoms with Gasteiger partial charge in [-0.25, -0.2) is 4.79 Å². The highest BCUT2D eigenvalue weighted by atomic mass is 79.9. The van der Waals surface area contributed by atoms with E-state index in [2.05, 4.69) is 21.2 Å². The van der Waals surface area contributed by atoms with Gasteiger partial charge in [-0.1, -0.05) is 15.9 Å². The van der Waals surface area contributed by atoms with E-state index in [0.29, 0.717) is 11.4 Å². The topological polar surface area (TPSA) is 41.6 Å². The number of benzene rings is 1. The van der Waals surface area contributed by atoms with Gasteiger partial charge in [0.1, 0.15) is 5.75 Å². The number of halogens is 1. The Morgan fingerprint density at radius 2 is 2.06 bits per heavy atom. The van der Waals surface area contributed by atoms with Gasteiger partial charge >= 0.3 is 6.03 Å². The number of hydrogen-bond donors (Lipinski definition) is 1. The number of methoxy groups -OCH3 is 1. The molecule has 0 bridgehead atoms. The van der Waals surface area contributed by atoms with Crippen molar-refractivity contribution in [2.45, 2.75) is 19.3 Å². The Balaban J connectivity index is 2.07. The van der Waals surface area contributed by atoms with Crippen LogP contribution in [0.5, 0.6) is 5.75 Å². The maximum Gasteiger partial charge on any atom is 0.321 e. The van der Waals surface area contributed by atoms with Gasteiger partial charge in [-0.15, -0.1) is 0 Å². The molecule has 1 fully saturated rings. The van der Waals surface area contributed by atoms with Crippen LogP contribution < -0.4 is 10.1 Å². The van der Waals surface area contributed by atoms with E-state index in [-0.39, 0.29) is 6.03 Å². The molecule has 2 rings (SSSR count). The van der Waals surface area contributed by atoms with E-state index in [1.807, 2.05) is 23.1 Å². The van der Waals surface area contributed by atoms with Crippen LogP contribution in [0.3, 0.4) is 0 Å². The van der Waals surface area contributed by atoms with Gasteiger partial charge in [0.25, 0.3) is 0 Å². The Morgan fingerprint density at radius 1 is 1.33 bits per heavy atom. The second-order valence-electron chi connectivity index (χ2n) is 4.32. The minimum absolute atomic E-state index is 0.0499. The molecule has 0 unspecified atom stereocenters. The van der Waals surface area contributed by atoms with Crippen LogP contribution in [0.25, 0.3) is 0 Å². The average Bonchev–Trinajstić information content (AvgIpc) is 2.40. The number of likely N-dealkylation sites (tertiary alicyclic amines) is 1. The lowest BCUT2D eigenvalue weighted by Crippen LogP contribution is -2.38. The number of piperidine rings is 1. The molecule has 1 heterocycles. The van der Waals surface area contributed by atoms with E-state index in [1.165, 1.54) is 6.42 Å². The Morgan fingerprint density at radius 3 is 2.72 bits per heavy atom. The number of carbonyl (C=O) groups is 1. The largest absolute Gasteiger partial charge is 0.495 e. The van der Waals surface area contributed by atoms with Crippen LogP contribution in [-0.2, 0) is 0 Å². The zero-order valence-corrected chi connectivity index (χ0v) is 12.0. The van der Waals surface area contributed by atoms with Gasteiger partial charge in [0.15, 0.2) is 0 Å². The lowest BCUT2D eigenvalue weighted by molar-refractivity contribution is 0.200. The van der Waals surface area contributed by atoms with Crippen molar-refractivity contribution < 1.29 is 9.53 Å². The number of nitrogens with zero attached hydrogens (tertiary/aromatic N) is 1. The molecule has 0 spiro atoms. The zero-order chi connectivity index (χ0) is 13.0. The fourth-order valence-electron chi connectivity index (χ4n) is 2.07. The highest BCUT2D eigenvalue weighted by molar-refractivity contribution is 9.10. The summed E-state index contributed by atoms with van der Waals surface area (Å²) in [5.41, 5.74) is 0.697. The molecule has 1 aromatic rings. The molecule has 0 radical (unpaired) electrons. The minimum Gasteiger partial charge on any atom is -0.495 e. The Hall–Kier alpha value is -1.23. The van der Waals surface area contributed by atoms with Crippen molar-refractivity contribution in [1.29, 1.82) is 0 Å².